The fraction of sp³-hybridized carbons (Fsp3) is 0.600. The third kappa shape index (κ3) is 0.919. The number of furan rings is 1. The summed E-state index contributed by atoms with van der Waals surface area (Å²) in [6.45, 7) is 0. The molecular formula is C10H11BrO2. The zero-order valence-electron chi connectivity index (χ0n) is 7.16. The minimum atomic E-state index is -0.621. The number of hydrogen-bond donors (Lipinski definition) is 1. The van der Waals surface area contributed by atoms with E-state index in [-0.39, 0.29) is 0 Å². The van der Waals surface area contributed by atoms with E-state index in [1.54, 1.807) is 0 Å². The van der Waals surface area contributed by atoms with Gasteiger partial charge in [0.2, 0.25) is 0 Å². The zero-order valence-corrected chi connectivity index (χ0v) is 8.75. The molecule has 2 aliphatic carbocycles. The van der Waals surface area contributed by atoms with Gasteiger partial charge in [-0.05, 0) is 40.9 Å². The Morgan fingerprint density at radius 2 is 2.08 bits per heavy atom. The molecule has 70 valence electrons. The van der Waals surface area contributed by atoms with Crippen molar-refractivity contribution in [1.29, 1.82) is 0 Å². The lowest BCUT2D eigenvalue weighted by atomic mass is 10.1. The van der Waals surface area contributed by atoms with E-state index in [1.165, 1.54) is 6.42 Å². The van der Waals surface area contributed by atoms with Crippen molar-refractivity contribution in [2.24, 2.45) is 11.8 Å². The third-order valence-electron chi connectivity index (χ3n) is 3.51. The molecule has 0 radical (unpaired) electrons. The van der Waals surface area contributed by atoms with Gasteiger partial charge in [0.15, 0.2) is 4.67 Å². The molecule has 0 amide bonds. The molecule has 2 unspecified atom stereocenters. The third-order valence-corrected chi connectivity index (χ3v) is 3.93. The van der Waals surface area contributed by atoms with Crippen LogP contribution in [0, 0.1) is 11.8 Å². The molecule has 1 heterocycles. The molecule has 0 bridgehead atoms. The van der Waals surface area contributed by atoms with Gasteiger partial charge in [-0.3, -0.25) is 0 Å². The van der Waals surface area contributed by atoms with Gasteiger partial charge in [-0.25, -0.2) is 0 Å². The van der Waals surface area contributed by atoms with E-state index in [0.717, 1.165) is 18.6 Å². The number of halogens is 1. The first-order valence-electron chi connectivity index (χ1n) is 4.71. The van der Waals surface area contributed by atoms with Crippen molar-refractivity contribution in [3.63, 3.8) is 0 Å². The van der Waals surface area contributed by atoms with Gasteiger partial charge in [0.1, 0.15) is 11.4 Å². The average molecular weight is 243 g/mol. The van der Waals surface area contributed by atoms with Crippen LogP contribution in [0.2, 0.25) is 0 Å². The molecule has 1 aromatic heterocycles. The molecule has 1 N–H and O–H groups in total. The first kappa shape index (κ1) is 8.06. The zero-order chi connectivity index (χ0) is 9.05. The molecule has 0 aromatic carbocycles. The van der Waals surface area contributed by atoms with Gasteiger partial charge in [-0.2, -0.15) is 0 Å². The Kier molecular flexibility index (Phi) is 1.48. The Balaban J connectivity index is 1.95. The normalized spacial score (nSPS) is 42.0. The highest BCUT2D eigenvalue weighted by molar-refractivity contribution is 9.10. The maximum atomic E-state index is 10.3. The Bertz CT molecular complexity index is 334. The van der Waals surface area contributed by atoms with Crippen LogP contribution in [0.3, 0.4) is 0 Å². The molecule has 0 spiro atoms. The van der Waals surface area contributed by atoms with Crippen LogP contribution in [-0.2, 0) is 5.60 Å². The summed E-state index contributed by atoms with van der Waals surface area (Å²) in [6, 6.07) is 3.73. The SMILES string of the molecule is OC1(c2ccc(Br)o2)C2CCCC21. The summed E-state index contributed by atoms with van der Waals surface area (Å²) >= 11 is 3.25. The summed E-state index contributed by atoms with van der Waals surface area (Å²) < 4.78 is 6.12. The standard InChI is InChI=1S/C10H11BrO2/c11-9-5-4-8(13-9)10(12)6-2-1-3-7(6)10/h4-7,12H,1-3H2. The van der Waals surface area contributed by atoms with E-state index in [0.29, 0.717) is 16.5 Å². The summed E-state index contributed by atoms with van der Waals surface area (Å²) in [4.78, 5) is 0. The van der Waals surface area contributed by atoms with Crippen molar-refractivity contribution < 1.29 is 9.52 Å². The van der Waals surface area contributed by atoms with Crippen LogP contribution in [0.4, 0.5) is 0 Å². The molecule has 2 fully saturated rings. The maximum Gasteiger partial charge on any atom is 0.169 e. The topological polar surface area (TPSA) is 33.4 Å². The number of fused-ring (bicyclic) bond motifs is 1. The maximum absolute atomic E-state index is 10.3. The van der Waals surface area contributed by atoms with Crippen molar-refractivity contribution in [2.75, 3.05) is 0 Å². The van der Waals surface area contributed by atoms with E-state index >= 15 is 0 Å². The van der Waals surface area contributed by atoms with E-state index in [1.807, 2.05) is 12.1 Å². The first-order chi connectivity index (χ1) is 6.23. The van der Waals surface area contributed by atoms with E-state index < -0.39 is 5.60 Å². The molecule has 3 heteroatoms. The quantitative estimate of drug-likeness (QED) is 0.822. The molecule has 13 heavy (non-hydrogen) atoms. The molecule has 0 aliphatic heterocycles. The van der Waals surface area contributed by atoms with Crippen molar-refractivity contribution in [3.8, 4) is 0 Å². The van der Waals surface area contributed by atoms with Crippen LogP contribution < -0.4 is 0 Å². The first-order valence-corrected chi connectivity index (χ1v) is 5.50. The van der Waals surface area contributed by atoms with Crippen LogP contribution in [0.5, 0.6) is 0 Å². The number of rotatable bonds is 1. The Morgan fingerprint density at radius 3 is 2.62 bits per heavy atom. The van der Waals surface area contributed by atoms with Gasteiger partial charge in [0.05, 0.1) is 0 Å². The Hall–Kier alpha value is -0.280. The predicted molar refractivity (Wildman–Crippen MR) is 51.1 cm³/mol. The van der Waals surface area contributed by atoms with Crippen molar-refractivity contribution >= 4 is 15.9 Å². The van der Waals surface area contributed by atoms with Gasteiger partial charge in [0, 0.05) is 11.8 Å². The Labute approximate surface area is 85.1 Å². The van der Waals surface area contributed by atoms with Gasteiger partial charge in [-0.15, -0.1) is 0 Å². The van der Waals surface area contributed by atoms with E-state index in [9.17, 15) is 5.11 Å². The molecule has 1 aromatic rings. The highest BCUT2D eigenvalue weighted by Gasteiger charge is 2.68. The summed E-state index contributed by atoms with van der Waals surface area (Å²) in [5.74, 6) is 1.67. The second kappa shape index (κ2) is 2.39. The van der Waals surface area contributed by atoms with Crippen molar-refractivity contribution in [2.45, 2.75) is 24.9 Å². The second-order valence-electron chi connectivity index (χ2n) is 4.07. The van der Waals surface area contributed by atoms with E-state index in [2.05, 4.69) is 15.9 Å². The summed E-state index contributed by atoms with van der Waals surface area (Å²) in [5, 5.41) is 10.3. The van der Waals surface area contributed by atoms with Crippen LogP contribution in [0.1, 0.15) is 25.0 Å². The van der Waals surface area contributed by atoms with Crippen LogP contribution >= 0.6 is 15.9 Å². The van der Waals surface area contributed by atoms with Crippen molar-refractivity contribution in [1.82, 2.24) is 0 Å². The van der Waals surface area contributed by atoms with Gasteiger partial charge in [-0.1, -0.05) is 6.42 Å². The van der Waals surface area contributed by atoms with Gasteiger partial charge >= 0.3 is 0 Å². The molecule has 2 nitrogen and oxygen atoms in total. The van der Waals surface area contributed by atoms with Gasteiger partial charge in [0.25, 0.3) is 0 Å². The molecule has 2 atom stereocenters. The lowest BCUT2D eigenvalue weighted by Crippen LogP contribution is -2.11. The van der Waals surface area contributed by atoms with Crippen LogP contribution in [-0.4, -0.2) is 5.11 Å². The minimum Gasteiger partial charge on any atom is -0.451 e. The smallest absolute Gasteiger partial charge is 0.169 e. The van der Waals surface area contributed by atoms with E-state index in [4.69, 9.17) is 4.42 Å². The highest BCUT2D eigenvalue weighted by atomic mass is 79.9. The molecule has 2 saturated carbocycles. The largest absolute Gasteiger partial charge is 0.451 e. The lowest BCUT2D eigenvalue weighted by molar-refractivity contribution is 0.0796. The fourth-order valence-electron chi connectivity index (χ4n) is 2.82. The number of hydrogen-bond acceptors (Lipinski definition) is 2. The number of aliphatic hydroxyl groups is 1. The second-order valence-corrected chi connectivity index (χ2v) is 4.85. The Morgan fingerprint density at radius 1 is 1.38 bits per heavy atom. The summed E-state index contributed by atoms with van der Waals surface area (Å²) in [6.07, 6.45) is 3.57. The van der Waals surface area contributed by atoms with Gasteiger partial charge < -0.3 is 9.52 Å². The fourth-order valence-corrected chi connectivity index (χ4v) is 3.12. The molecule has 3 rings (SSSR count). The summed E-state index contributed by atoms with van der Waals surface area (Å²) in [7, 11) is 0. The lowest BCUT2D eigenvalue weighted by Gasteiger charge is -2.10. The molecule has 2 aliphatic rings. The average Bonchev–Trinajstić information content (AvgIpc) is 2.61. The monoisotopic (exact) mass is 242 g/mol. The minimum absolute atomic E-state index is 0.463. The highest BCUT2D eigenvalue weighted by Crippen LogP contribution is 2.66. The van der Waals surface area contributed by atoms with Crippen LogP contribution in [0.25, 0.3) is 0 Å². The summed E-state index contributed by atoms with van der Waals surface area (Å²) in [5.41, 5.74) is -0.621. The van der Waals surface area contributed by atoms with Crippen LogP contribution in [0.15, 0.2) is 21.2 Å². The molecule has 0 saturated heterocycles. The van der Waals surface area contributed by atoms with Crippen molar-refractivity contribution in [3.05, 3.63) is 22.6 Å². The molecular weight excluding hydrogens is 232 g/mol. The predicted octanol–water partition coefficient (Wildman–Crippen LogP) is 2.66.